The maximum atomic E-state index is 12.4. The van der Waals surface area contributed by atoms with Crippen LogP contribution in [-0.4, -0.2) is 12.5 Å². The summed E-state index contributed by atoms with van der Waals surface area (Å²) in [5, 5.41) is 4.45. The van der Waals surface area contributed by atoms with Gasteiger partial charge in [-0.15, -0.1) is 0 Å². The van der Waals surface area contributed by atoms with Crippen LogP contribution in [0, 0.1) is 6.92 Å². The fourth-order valence-corrected chi connectivity index (χ4v) is 2.81. The summed E-state index contributed by atoms with van der Waals surface area (Å²) < 4.78 is 5.68. The highest BCUT2D eigenvalue weighted by atomic mass is 35.5. The van der Waals surface area contributed by atoms with Crippen molar-refractivity contribution in [2.75, 3.05) is 6.54 Å². The summed E-state index contributed by atoms with van der Waals surface area (Å²) in [6, 6.07) is 15.5. The average Bonchev–Trinajstić information content (AvgIpc) is 2.90. The van der Waals surface area contributed by atoms with Crippen molar-refractivity contribution in [1.29, 1.82) is 0 Å². The molecular formula is C19H18ClNO2. The second-order valence-corrected chi connectivity index (χ2v) is 6.15. The number of furan rings is 1. The van der Waals surface area contributed by atoms with Crippen LogP contribution in [-0.2, 0) is 0 Å². The lowest BCUT2D eigenvalue weighted by Crippen LogP contribution is -2.27. The first-order chi connectivity index (χ1) is 11.1. The largest absolute Gasteiger partial charge is 0.451 e. The van der Waals surface area contributed by atoms with Crippen molar-refractivity contribution in [2.24, 2.45) is 0 Å². The van der Waals surface area contributed by atoms with Crippen molar-refractivity contribution < 1.29 is 9.21 Å². The van der Waals surface area contributed by atoms with Gasteiger partial charge in [0, 0.05) is 22.5 Å². The SMILES string of the molecule is Cc1c(C(=O)NC[C@H](C)c2ccccc2)oc2ccc(Cl)cc12. The van der Waals surface area contributed by atoms with Crippen molar-refractivity contribution in [1.82, 2.24) is 5.32 Å². The smallest absolute Gasteiger partial charge is 0.287 e. The first-order valence-corrected chi connectivity index (χ1v) is 7.96. The van der Waals surface area contributed by atoms with Gasteiger partial charge in [0.15, 0.2) is 5.76 Å². The van der Waals surface area contributed by atoms with E-state index in [0.717, 1.165) is 10.9 Å². The van der Waals surface area contributed by atoms with Gasteiger partial charge in [-0.05, 0) is 36.6 Å². The average molecular weight is 328 g/mol. The monoisotopic (exact) mass is 327 g/mol. The van der Waals surface area contributed by atoms with Crippen LogP contribution in [0.2, 0.25) is 5.02 Å². The van der Waals surface area contributed by atoms with E-state index in [-0.39, 0.29) is 11.8 Å². The lowest BCUT2D eigenvalue weighted by atomic mass is 10.0. The number of halogens is 1. The van der Waals surface area contributed by atoms with Crippen LogP contribution in [0.5, 0.6) is 0 Å². The van der Waals surface area contributed by atoms with Crippen LogP contribution >= 0.6 is 11.6 Å². The summed E-state index contributed by atoms with van der Waals surface area (Å²) >= 11 is 6.01. The summed E-state index contributed by atoms with van der Waals surface area (Å²) in [5.74, 6) is 0.388. The Morgan fingerprint density at radius 1 is 1.22 bits per heavy atom. The molecule has 0 radical (unpaired) electrons. The second-order valence-electron chi connectivity index (χ2n) is 5.72. The van der Waals surface area contributed by atoms with Crippen LogP contribution in [0.25, 0.3) is 11.0 Å². The maximum absolute atomic E-state index is 12.4. The van der Waals surface area contributed by atoms with E-state index in [1.807, 2.05) is 31.2 Å². The second kappa shape index (κ2) is 6.47. The van der Waals surface area contributed by atoms with Crippen molar-refractivity contribution in [2.45, 2.75) is 19.8 Å². The maximum Gasteiger partial charge on any atom is 0.287 e. The van der Waals surface area contributed by atoms with E-state index in [4.69, 9.17) is 16.0 Å². The van der Waals surface area contributed by atoms with Crippen molar-refractivity contribution in [3.05, 3.63) is 70.4 Å². The molecule has 0 aliphatic rings. The first-order valence-electron chi connectivity index (χ1n) is 7.58. The molecule has 0 spiro atoms. The summed E-state index contributed by atoms with van der Waals surface area (Å²) in [4.78, 5) is 12.4. The molecule has 3 nitrogen and oxygen atoms in total. The predicted octanol–water partition coefficient (Wildman–Crippen LogP) is 4.93. The highest BCUT2D eigenvalue weighted by Gasteiger charge is 2.18. The van der Waals surface area contributed by atoms with Gasteiger partial charge in [-0.2, -0.15) is 0 Å². The van der Waals surface area contributed by atoms with Gasteiger partial charge in [-0.25, -0.2) is 0 Å². The molecule has 0 aliphatic heterocycles. The Balaban J connectivity index is 1.75. The molecule has 0 fully saturated rings. The molecule has 1 aromatic heterocycles. The number of nitrogens with one attached hydrogen (secondary N) is 1. The zero-order chi connectivity index (χ0) is 16.4. The van der Waals surface area contributed by atoms with Gasteiger partial charge in [-0.3, -0.25) is 4.79 Å². The Bertz CT molecular complexity index is 839. The molecule has 1 heterocycles. The molecule has 4 heteroatoms. The number of benzene rings is 2. The van der Waals surface area contributed by atoms with Gasteiger partial charge in [-0.1, -0.05) is 48.9 Å². The van der Waals surface area contributed by atoms with Crippen molar-refractivity contribution in [3.63, 3.8) is 0 Å². The lowest BCUT2D eigenvalue weighted by Gasteiger charge is -2.12. The Hall–Kier alpha value is -2.26. The van der Waals surface area contributed by atoms with E-state index in [1.165, 1.54) is 5.56 Å². The standard InChI is InChI=1S/C19H18ClNO2/c1-12(14-6-4-3-5-7-14)11-21-19(22)18-13(2)16-10-15(20)8-9-17(16)23-18/h3-10,12H,11H2,1-2H3,(H,21,22)/t12-/m0/s1. The van der Waals surface area contributed by atoms with Crippen LogP contribution < -0.4 is 5.32 Å². The van der Waals surface area contributed by atoms with Gasteiger partial charge in [0.1, 0.15) is 5.58 Å². The summed E-state index contributed by atoms with van der Waals surface area (Å²) in [7, 11) is 0. The third kappa shape index (κ3) is 3.25. The molecule has 1 amide bonds. The fraction of sp³-hybridized carbons (Fsp3) is 0.211. The third-order valence-corrected chi connectivity index (χ3v) is 4.28. The molecule has 0 bridgehead atoms. The van der Waals surface area contributed by atoms with Gasteiger partial charge in [0.25, 0.3) is 5.91 Å². The first kappa shape index (κ1) is 15.6. The van der Waals surface area contributed by atoms with Gasteiger partial charge in [0.2, 0.25) is 0 Å². The molecule has 0 unspecified atom stereocenters. The van der Waals surface area contributed by atoms with E-state index < -0.39 is 0 Å². The number of fused-ring (bicyclic) bond motifs is 1. The highest BCUT2D eigenvalue weighted by Crippen LogP contribution is 2.27. The van der Waals surface area contributed by atoms with Crippen molar-refractivity contribution >= 4 is 28.5 Å². The quantitative estimate of drug-likeness (QED) is 0.738. The fourth-order valence-electron chi connectivity index (χ4n) is 2.64. The molecule has 0 aliphatic carbocycles. The number of hydrogen-bond acceptors (Lipinski definition) is 2. The topological polar surface area (TPSA) is 42.2 Å². The van der Waals surface area contributed by atoms with Gasteiger partial charge < -0.3 is 9.73 Å². The van der Waals surface area contributed by atoms with Gasteiger partial charge in [0.05, 0.1) is 0 Å². The molecule has 1 atom stereocenters. The Morgan fingerprint density at radius 3 is 2.70 bits per heavy atom. The minimum absolute atomic E-state index is 0.197. The summed E-state index contributed by atoms with van der Waals surface area (Å²) in [6.45, 7) is 4.51. The number of rotatable bonds is 4. The molecule has 0 saturated heterocycles. The van der Waals surface area contributed by atoms with Crippen LogP contribution in [0.3, 0.4) is 0 Å². The van der Waals surface area contributed by atoms with E-state index >= 15 is 0 Å². The summed E-state index contributed by atoms with van der Waals surface area (Å²) in [5.41, 5.74) is 2.68. The predicted molar refractivity (Wildman–Crippen MR) is 93.2 cm³/mol. The van der Waals surface area contributed by atoms with E-state index in [1.54, 1.807) is 12.1 Å². The highest BCUT2D eigenvalue weighted by molar-refractivity contribution is 6.31. The normalized spacial score (nSPS) is 12.3. The number of aryl methyl sites for hydroxylation is 1. The molecule has 2 aromatic carbocycles. The summed E-state index contributed by atoms with van der Waals surface area (Å²) in [6.07, 6.45) is 0. The van der Waals surface area contributed by atoms with Gasteiger partial charge >= 0.3 is 0 Å². The van der Waals surface area contributed by atoms with Crippen LogP contribution in [0.15, 0.2) is 52.9 Å². The zero-order valence-electron chi connectivity index (χ0n) is 13.1. The number of hydrogen-bond donors (Lipinski definition) is 1. The molecule has 23 heavy (non-hydrogen) atoms. The lowest BCUT2D eigenvalue weighted by molar-refractivity contribution is 0.0925. The van der Waals surface area contributed by atoms with E-state index in [0.29, 0.717) is 22.9 Å². The minimum atomic E-state index is -0.197. The van der Waals surface area contributed by atoms with E-state index in [2.05, 4.69) is 24.4 Å². The van der Waals surface area contributed by atoms with Crippen molar-refractivity contribution in [3.8, 4) is 0 Å². The van der Waals surface area contributed by atoms with Crippen LogP contribution in [0.4, 0.5) is 0 Å². The minimum Gasteiger partial charge on any atom is -0.451 e. The Morgan fingerprint density at radius 2 is 1.96 bits per heavy atom. The molecule has 0 saturated carbocycles. The third-order valence-electron chi connectivity index (χ3n) is 4.04. The zero-order valence-corrected chi connectivity index (χ0v) is 13.9. The molecular weight excluding hydrogens is 310 g/mol. The number of carbonyl (C=O) groups excluding carboxylic acids is 1. The number of carbonyl (C=O) groups is 1. The Labute approximate surface area is 140 Å². The Kier molecular flexibility index (Phi) is 4.39. The number of amides is 1. The molecule has 3 aromatic rings. The molecule has 3 rings (SSSR count). The van der Waals surface area contributed by atoms with Crippen LogP contribution in [0.1, 0.15) is 34.5 Å². The molecule has 118 valence electrons. The molecule has 1 N–H and O–H groups in total. The van der Waals surface area contributed by atoms with E-state index in [9.17, 15) is 4.79 Å².